The van der Waals surface area contributed by atoms with Gasteiger partial charge in [-0.3, -0.25) is 9.69 Å². The molecule has 6 heteroatoms. The highest BCUT2D eigenvalue weighted by Crippen LogP contribution is 2.37. The van der Waals surface area contributed by atoms with E-state index in [0.29, 0.717) is 24.4 Å². The van der Waals surface area contributed by atoms with Gasteiger partial charge < -0.3 is 14.1 Å². The van der Waals surface area contributed by atoms with Crippen LogP contribution in [0.1, 0.15) is 18.1 Å². The lowest BCUT2D eigenvalue weighted by molar-refractivity contribution is -0.127. The zero-order valence-corrected chi connectivity index (χ0v) is 20.5. The number of carbonyl (C=O) groups is 1. The molecule has 1 aliphatic heterocycles. The van der Waals surface area contributed by atoms with E-state index in [2.05, 4.69) is 29.2 Å². The smallest absolute Gasteiger partial charge is 0.246 e. The van der Waals surface area contributed by atoms with Crippen molar-refractivity contribution in [1.29, 1.82) is 0 Å². The average molecular weight is 485 g/mol. The molecule has 0 unspecified atom stereocenters. The lowest BCUT2D eigenvalue weighted by Crippen LogP contribution is -2.47. The number of furan rings is 1. The van der Waals surface area contributed by atoms with Gasteiger partial charge in [-0.15, -0.1) is 0 Å². The van der Waals surface area contributed by atoms with E-state index in [4.69, 9.17) is 9.15 Å². The Labute approximate surface area is 210 Å². The van der Waals surface area contributed by atoms with Gasteiger partial charge in [0.25, 0.3) is 0 Å². The Hall–Kier alpha value is -3.90. The molecular weight excluding hydrogens is 455 g/mol. The first-order valence-corrected chi connectivity index (χ1v) is 12.1. The van der Waals surface area contributed by atoms with Gasteiger partial charge in [-0.25, -0.2) is 4.39 Å². The van der Waals surface area contributed by atoms with Gasteiger partial charge in [-0.1, -0.05) is 42.5 Å². The second kappa shape index (κ2) is 10.4. The van der Waals surface area contributed by atoms with Crippen LogP contribution in [0.15, 0.2) is 83.5 Å². The number of carbonyl (C=O) groups excluding carboxylic acids is 1. The standard InChI is InChI=1S/C30H29FN2O3/c1-21(16-30(34)33-14-12-32(13-15-33)19-22-6-4-3-5-7-22)25-17-26-27(23-8-10-24(31)11-9-23)20-36-29(26)18-28(25)35-2/h3-11,16-18,20H,12-15,19H2,1-2H3/b21-16+. The molecule has 1 aliphatic rings. The Morgan fingerprint density at radius 1 is 1.03 bits per heavy atom. The van der Waals surface area contributed by atoms with E-state index < -0.39 is 0 Å². The van der Waals surface area contributed by atoms with Gasteiger partial charge >= 0.3 is 0 Å². The van der Waals surface area contributed by atoms with Crippen molar-refractivity contribution in [2.45, 2.75) is 13.5 Å². The largest absolute Gasteiger partial charge is 0.496 e. The van der Waals surface area contributed by atoms with E-state index in [-0.39, 0.29) is 11.7 Å². The molecule has 36 heavy (non-hydrogen) atoms. The lowest BCUT2D eigenvalue weighted by atomic mass is 9.99. The van der Waals surface area contributed by atoms with Crippen LogP contribution in [0.5, 0.6) is 5.75 Å². The topological polar surface area (TPSA) is 45.9 Å². The minimum Gasteiger partial charge on any atom is -0.496 e. The van der Waals surface area contributed by atoms with Gasteiger partial charge in [0.1, 0.15) is 17.1 Å². The van der Waals surface area contributed by atoms with Crippen molar-refractivity contribution in [1.82, 2.24) is 9.80 Å². The number of hydrogen-bond acceptors (Lipinski definition) is 4. The molecule has 1 amide bonds. The van der Waals surface area contributed by atoms with Gasteiger partial charge in [0, 0.05) is 61.4 Å². The number of halogens is 1. The summed E-state index contributed by atoms with van der Waals surface area (Å²) in [5, 5.41) is 0.882. The van der Waals surface area contributed by atoms with Gasteiger partial charge in [0.15, 0.2) is 0 Å². The maximum Gasteiger partial charge on any atom is 0.246 e. The summed E-state index contributed by atoms with van der Waals surface area (Å²) in [5.41, 5.74) is 5.32. The molecule has 0 aliphatic carbocycles. The number of methoxy groups -OCH3 is 1. The van der Waals surface area contributed by atoms with Crippen molar-refractivity contribution >= 4 is 22.4 Å². The van der Waals surface area contributed by atoms with Gasteiger partial charge in [0.2, 0.25) is 5.91 Å². The first-order valence-electron chi connectivity index (χ1n) is 12.1. The third kappa shape index (κ3) is 5.04. The van der Waals surface area contributed by atoms with Crippen LogP contribution in [0.3, 0.4) is 0 Å². The van der Waals surface area contributed by atoms with Crippen molar-refractivity contribution in [3.63, 3.8) is 0 Å². The Bertz CT molecular complexity index is 1390. The number of piperazine rings is 1. The zero-order valence-electron chi connectivity index (χ0n) is 20.5. The summed E-state index contributed by atoms with van der Waals surface area (Å²) in [6.07, 6.45) is 3.36. The van der Waals surface area contributed by atoms with E-state index in [9.17, 15) is 9.18 Å². The van der Waals surface area contributed by atoms with Crippen molar-refractivity contribution in [3.8, 4) is 16.9 Å². The number of rotatable bonds is 6. The predicted octanol–water partition coefficient (Wildman–Crippen LogP) is 6.00. The monoisotopic (exact) mass is 484 g/mol. The van der Waals surface area contributed by atoms with E-state index in [1.807, 2.05) is 30.0 Å². The third-order valence-corrected chi connectivity index (χ3v) is 6.75. The van der Waals surface area contributed by atoms with Crippen LogP contribution in [0, 0.1) is 5.82 Å². The molecule has 184 valence electrons. The van der Waals surface area contributed by atoms with Gasteiger partial charge in [-0.2, -0.15) is 0 Å². The van der Waals surface area contributed by atoms with E-state index in [1.165, 1.54) is 17.7 Å². The van der Waals surface area contributed by atoms with Crippen LogP contribution in [0.4, 0.5) is 4.39 Å². The summed E-state index contributed by atoms with van der Waals surface area (Å²) >= 11 is 0. The average Bonchev–Trinajstić information content (AvgIpc) is 3.32. The van der Waals surface area contributed by atoms with E-state index in [1.54, 1.807) is 31.6 Å². The molecule has 0 radical (unpaired) electrons. The van der Waals surface area contributed by atoms with Crippen LogP contribution in [0.25, 0.3) is 27.7 Å². The van der Waals surface area contributed by atoms with Gasteiger partial charge in [0.05, 0.1) is 13.4 Å². The number of fused-ring (bicyclic) bond motifs is 1. The van der Waals surface area contributed by atoms with Crippen molar-refractivity contribution in [2.24, 2.45) is 0 Å². The summed E-state index contributed by atoms with van der Waals surface area (Å²) < 4.78 is 24.8. The number of allylic oxidation sites excluding steroid dienone is 1. The van der Waals surface area contributed by atoms with Crippen LogP contribution >= 0.6 is 0 Å². The molecule has 1 fully saturated rings. The molecule has 0 bridgehead atoms. The molecule has 4 aromatic rings. The first kappa shape index (κ1) is 23.8. The van der Waals surface area contributed by atoms with Crippen LogP contribution in [-0.4, -0.2) is 49.0 Å². The predicted molar refractivity (Wildman–Crippen MR) is 140 cm³/mol. The molecule has 1 saturated heterocycles. The maximum atomic E-state index is 13.4. The molecule has 5 nitrogen and oxygen atoms in total. The molecule has 5 rings (SSSR count). The van der Waals surface area contributed by atoms with Crippen LogP contribution < -0.4 is 4.74 Å². The number of amides is 1. The minimum absolute atomic E-state index is 0.0000345. The summed E-state index contributed by atoms with van der Waals surface area (Å²) in [4.78, 5) is 17.4. The van der Waals surface area contributed by atoms with E-state index >= 15 is 0 Å². The highest BCUT2D eigenvalue weighted by molar-refractivity contribution is 6.00. The Balaban J connectivity index is 1.34. The molecule has 3 aromatic carbocycles. The second-order valence-electron chi connectivity index (χ2n) is 9.12. The molecule has 0 atom stereocenters. The fourth-order valence-corrected chi connectivity index (χ4v) is 4.71. The van der Waals surface area contributed by atoms with Gasteiger partial charge in [-0.05, 0) is 41.8 Å². The molecular formula is C30H29FN2O3. The fraction of sp³-hybridized carbons (Fsp3) is 0.233. The zero-order chi connectivity index (χ0) is 25.1. The lowest BCUT2D eigenvalue weighted by Gasteiger charge is -2.34. The minimum atomic E-state index is -0.285. The van der Waals surface area contributed by atoms with Crippen molar-refractivity contribution in [2.75, 3.05) is 33.3 Å². The number of nitrogens with zero attached hydrogens (tertiary/aromatic N) is 2. The number of benzene rings is 3. The number of ether oxygens (including phenoxy) is 1. The molecule has 0 saturated carbocycles. The SMILES string of the molecule is COc1cc2occ(-c3ccc(F)cc3)c2cc1/C(C)=C/C(=O)N1CCN(Cc2ccccc2)CC1. The third-order valence-electron chi connectivity index (χ3n) is 6.75. The molecule has 2 heterocycles. The molecule has 0 N–H and O–H groups in total. The van der Waals surface area contributed by atoms with Crippen LogP contribution in [-0.2, 0) is 11.3 Å². The highest BCUT2D eigenvalue weighted by atomic mass is 19.1. The van der Waals surface area contributed by atoms with Crippen molar-refractivity contribution < 1.29 is 18.3 Å². The molecule has 1 aromatic heterocycles. The van der Waals surface area contributed by atoms with Crippen LogP contribution in [0.2, 0.25) is 0 Å². The summed E-state index contributed by atoms with van der Waals surface area (Å²) in [6.45, 7) is 5.91. The van der Waals surface area contributed by atoms with E-state index in [0.717, 1.165) is 47.3 Å². The maximum absolute atomic E-state index is 13.4. The second-order valence-corrected chi connectivity index (χ2v) is 9.12. The fourth-order valence-electron chi connectivity index (χ4n) is 4.71. The first-order chi connectivity index (χ1) is 17.5. The summed E-state index contributed by atoms with van der Waals surface area (Å²) in [5.74, 6) is 0.351. The quantitative estimate of drug-likeness (QED) is 0.315. The Morgan fingerprint density at radius 3 is 2.44 bits per heavy atom. The Kier molecular flexibility index (Phi) is 6.87. The van der Waals surface area contributed by atoms with Crippen molar-refractivity contribution in [3.05, 3.63) is 96.0 Å². The Morgan fingerprint density at radius 2 is 1.75 bits per heavy atom. The normalized spacial score (nSPS) is 14.9. The summed E-state index contributed by atoms with van der Waals surface area (Å²) in [7, 11) is 1.61. The highest BCUT2D eigenvalue weighted by Gasteiger charge is 2.21. The molecule has 0 spiro atoms. The summed E-state index contributed by atoms with van der Waals surface area (Å²) in [6, 6.07) is 20.5. The number of hydrogen-bond donors (Lipinski definition) is 0.